The Kier molecular flexibility index (Phi) is 5.08. The zero-order chi connectivity index (χ0) is 23.8. The first-order valence-corrected chi connectivity index (χ1v) is 11.2. The minimum Gasteiger partial charge on any atom is -0.497 e. The molecule has 0 bridgehead atoms. The van der Waals surface area contributed by atoms with Crippen LogP contribution in [0.4, 0.5) is 5.95 Å². The van der Waals surface area contributed by atoms with E-state index in [0.717, 1.165) is 23.4 Å². The van der Waals surface area contributed by atoms with Crippen LogP contribution in [0.15, 0.2) is 60.9 Å². The van der Waals surface area contributed by atoms with Crippen molar-refractivity contribution in [3.05, 3.63) is 94.4 Å². The maximum Gasteiger partial charge on any atom is 0.251 e. The van der Waals surface area contributed by atoms with Gasteiger partial charge in [-0.15, -0.1) is 0 Å². The molecule has 2 aliphatic rings. The highest BCUT2D eigenvalue weighted by atomic mass is 16.5. The number of benzene rings is 2. The van der Waals surface area contributed by atoms with Crippen LogP contribution in [0.2, 0.25) is 0 Å². The van der Waals surface area contributed by atoms with E-state index in [9.17, 15) is 4.79 Å². The van der Waals surface area contributed by atoms with E-state index in [1.54, 1.807) is 31.6 Å². The van der Waals surface area contributed by atoms with Crippen LogP contribution >= 0.6 is 0 Å². The minimum absolute atomic E-state index is 0.0401. The van der Waals surface area contributed by atoms with E-state index in [1.165, 1.54) is 11.1 Å². The van der Waals surface area contributed by atoms with E-state index in [4.69, 9.17) is 9.72 Å². The van der Waals surface area contributed by atoms with Crippen LogP contribution in [0.5, 0.6) is 5.75 Å². The predicted molar refractivity (Wildman–Crippen MR) is 130 cm³/mol. The number of fused-ring (bicyclic) bond motifs is 2. The van der Waals surface area contributed by atoms with Gasteiger partial charge in [0.2, 0.25) is 5.95 Å². The molecule has 0 unspecified atom stereocenters. The molecule has 1 amide bonds. The molecule has 8 nitrogen and oxygen atoms in total. The molecule has 0 atom stereocenters. The minimum atomic E-state index is -0.0401. The molecular formula is C27H20N6O2. The van der Waals surface area contributed by atoms with Gasteiger partial charge < -0.3 is 15.0 Å². The van der Waals surface area contributed by atoms with Crippen molar-refractivity contribution in [2.45, 2.75) is 19.6 Å². The number of nitrogens with one attached hydrogen (secondary N) is 1. The molecule has 2 aromatic heterocycles. The van der Waals surface area contributed by atoms with Crippen molar-refractivity contribution in [2.75, 3.05) is 12.0 Å². The summed E-state index contributed by atoms with van der Waals surface area (Å²) in [4.78, 5) is 32.1. The zero-order valence-electron chi connectivity index (χ0n) is 18.9. The maximum atomic E-state index is 11.7. The van der Waals surface area contributed by atoms with Gasteiger partial charge in [0.05, 0.1) is 7.11 Å². The van der Waals surface area contributed by atoms with Gasteiger partial charge >= 0.3 is 0 Å². The molecule has 2 aliphatic heterocycles. The molecule has 6 rings (SSSR count). The number of ether oxygens (including phenoxy) is 1. The smallest absolute Gasteiger partial charge is 0.251 e. The standard InChI is InChI=1S/C27H20N6O2/c1-35-22-6-4-18-15-33(16-20(18)13-22)27-29-11-9-24(32-27)25-28-10-8-21(31-25)5-2-17-3-7-23-19(12-17)14-30-26(23)34/h3-4,6-13H,14-16H2,1H3,(H,30,34). The zero-order valence-corrected chi connectivity index (χ0v) is 18.9. The highest BCUT2D eigenvalue weighted by Gasteiger charge is 2.22. The van der Waals surface area contributed by atoms with Crippen molar-refractivity contribution in [1.82, 2.24) is 25.3 Å². The lowest BCUT2D eigenvalue weighted by Crippen LogP contribution is -2.17. The van der Waals surface area contributed by atoms with Gasteiger partial charge in [-0.05, 0) is 65.1 Å². The van der Waals surface area contributed by atoms with E-state index >= 15 is 0 Å². The van der Waals surface area contributed by atoms with Crippen molar-refractivity contribution < 1.29 is 9.53 Å². The summed E-state index contributed by atoms with van der Waals surface area (Å²) in [6.07, 6.45) is 3.40. The highest BCUT2D eigenvalue weighted by Crippen LogP contribution is 2.29. The molecule has 35 heavy (non-hydrogen) atoms. The summed E-state index contributed by atoms with van der Waals surface area (Å²) in [6.45, 7) is 1.98. The van der Waals surface area contributed by atoms with Crippen LogP contribution in [0.3, 0.4) is 0 Å². The van der Waals surface area contributed by atoms with Crippen LogP contribution in [0, 0.1) is 11.8 Å². The van der Waals surface area contributed by atoms with E-state index in [1.807, 2.05) is 24.3 Å². The van der Waals surface area contributed by atoms with Crippen molar-refractivity contribution in [2.24, 2.45) is 0 Å². The van der Waals surface area contributed by atoms with Gasteiger partial charge in [-0.2, -0.15) is 0 Å². The number of rotatable bonds is 3. The molecule has 2 aromatic carbocycles. The monoisotopic (exact) mass is 460 g/mol. The summed E-state index contributed by atoms with van der Waals surface area (Å²) in [5, 5.41) is 2.82. The Morgan fingerprint density at radius 1 is 0.914 bits per heavy atom. The second kappa shape index (κ2) is 8.54. The maximum absolute atomic E-state index is 11.7. The SMILES string of the molecule is COc1ccc2c(c1)CN(c1nccc(-c3nccc(C#Cc4ccc5c(c4)CNC5=O)n3)n1)C2. The van der Waals surface area contributed by atoms with Crippen molar-refractivity contribution in [3.63, 3.8) is 0 Å². The largest absolute Gasteiger partial charge is 0.497 e. The lowest BCUT2D eigenvalue weighted by Gasteiger charge is -2.15. The fourth-order valence-electron chi connectivity index (χ4n) is 4.26. The predicted octanol–water partition coefficient (Wildman–Crippen LogP) is 3.11. The molecule has 4 aromatic rings. The van der Waals surface area contributed by atoms with Gasteiger partial charge in [-0.25, -0.2) is 19.9 Å². The van der Waals surface area contributed by atoms with E-state index in [-0.39, 0.29) is 5.91 Å². The number of hydrogen-bond acceptors (Lipinski definition) is 7. The summed E-state index contributed by atoms with van der Waals surface area (Å²) >= 11 is 0. The van der Waals surface area contributed by atoms with Crippen LogP contribution in [0.25, 0.3) is 11.5 Å². The normalized spacial score (nSPS) is 13.5. The molecule has 0 aliphatic carbocycles. The van der Waals surface area contributed by atoms with Crippen molar-refractivity contribution in [3.8, 4) is 29.1 Å². The average Bonchev–Trinajstić information content (AvgIpc) is 3.50. The topological polar surface area (TPSA) is 93.1 Å². The quantitative estimate of drug-likeness (QED) is 0.470. The van der Waals surface area contributed by atoms with E-state index < -0.39 is 0 Å². The number of anilines is 1. The first kappa shape index (κ1) is 20.8. The van der Waals surface area contributed by atoms with Crippen LogP contribution in [-0.2, 0) is 19.6 Å². The van der Waals surface area contributed by atoms with Crippen molar-refractivity contribution >= 4 is 11.9 Å². The molecule has 0 fully saturated rings. The van der Waals surface area contributed by atoms with E-state index in [0.29, 0.717) is 41.8 Å². The number of carbonyl (C=O) groups excluding carboxylic acids is 1. The Labute approximate surface area is 202 Å². The fraction of sp³-hybridized carbons (Fsp3) is 0.148. The first-order valence-electron chi connectivity index (χ1n) is 11.2. The molecule has 0 saturated heterocycles. The highest BCUT2D eigenvalue weighted by molar-refractivity contribution is 5.98. The second-order valence-corrected chi connectivity index (χ2v) is 8.30. The van der Waals surface area contributed by atoms with Gasteiger partial charge in [-0.3, -0.25) is 4.79 Å². The fourth-order valence-corrected chi connectivity index (χ4v) is 4.26. The Bertz CT molecular complexity index is 1540. The average molecular weight is 460 g/mol. The lowest BCUT2D eigenvalue weighted by molar-refractivity contribution is 0.0965. The number of methoxy groups -OCH3 is 1. The van der Waals surface area contributed by atoms with Crippen molar-refractivity contribution in [1.29, 1.82) is 0 Å². The van der Waals surface area contributed by atoms with Crippen LogP contribution < -0.4 is 15.0 Å². The number of amides is 1. The number of nitrogens with zero attached hydrogens (tertiary/aromatic N) is 5. The third kappa shape index (κ3) is 4.04. The lowest BCUT2D eigenvalue weighted by atomic mass is 10.1. The molecule has 0 radical (unpaired) electrons. The van der Waals surface area contributed by atoms with E-state index in [2.05, 4.69) is 49.1 Å². The summed E-state index contributed by atoms with van der Waals surface area (Å²) in [6, 6.07) is 15.3. The number of carbonyl (C=O) groups is 1. The van der Waals surface area contributed by atoms with Gasteiger partial charge in [0.25, 0.3) is 5.91 Å². The Hall–Kier alpha value is -4.77. The van der Waals surface area contributed by atoms with Gasteiger partial charge in [0, 0.05) is 43.2 Å². The Balaban J connectivity index is 1.23. The number of aromatic nitrogens is 4. The molecule has 0 spiro atoms. The summed E-state index contributed by atoms with van der Waals surface area (Å²) in [5.41, 5.74) is 6.16. The molecule has 4 heterocycles. The molecule has 8 heteroatoms. The van der Waals surface area contributed by atoms with Crippen LogP contribution in [-0.4, -0.2) is 33.0 Å². The number of hydrogen-bond donors (Lipinski definition) is 1. The third-order valence-electron chi connectivity index (χ3n) is 6.07. The summed E-state index contributed by atoms with van der Waals surface area (Å²) in [5.74, 6) is 8.14. The molecule has 170 valence electrons. The molecule has 0 saturated carbocycles. The first-order chi connectivity index (χ1) is 17.2. The molecular weight excluding hydrogens is 440 g/mol. The molecule has 1 N–H and O–H groups in total. The third-order valence-corrected chi connectivity index (χ3v) is 6.07. The summed E-state index contributed by atoms with van der Waals surface area (Å²) < 4.78 is 5.35. The van der Waals surface area contributed by atoms with Gasteiger partial charge in [0.15, 0.2) is 5.82 Å². The Morgan fingerprint density at radius 3 is 2.71 bits per heavy atom. The van der Waals surface area contributed by atoms with Crippen LogP contribution in [0.1, 0.15) is 38.3 Å². The Morgan fingerprint density at radius 2 is 1.80 bits per heavy atom. The second-order valence-electron chi connectivity index (χ2n) is 8.30. The van der Waals surface area contributed by atoms with Gasteiger partial charge in [0.1, 0.15) is 17.1 Å². The van der Waals surface area contributed by atoms with Gasteiger partial charge in [-0.1, -0.05) is 12.0 Å². The summed E-state index contributed by atoms with van der Waals surface area (Å²) in [7, 11) is 1.67.